The molecule has 0 saturated carbocycles. The first-order valence-electron chi connectivity index (χ1n) is 11.8. The molecule has 0 bridgehead atoms. The molecule has 5 atom stereocenters. The molecule has 1 aromatic carbocycles. The first-order valence-corrected chi connectivity index (χ1v) is 11.8. The first-order chi connectivity index (χ1) is 17.2. The molecule has 1 aromatic rings. The summed E-state index contributed by atoms with van der Waals surface area (Å²) in [7, 11) is 0. The zero-order chi connectivity index (χ0) is 28.3. The lowest BCUT2D eigenvalue weighted by Gasteiger charge is -2.26. The summed E-state index contributed by atoms with van der Waals surface area (Å²) in [4.78, 5) is 61.1. The van der Waals surface area contributed by atoms with E-state index >= 15 is 0 Å². The number of rotatable bonds is 15. The normalized spacial score (nSPS) is 15.1. The molecule has 13 nitrogen and oxygen atoms in total. The Labute approximate surface area is 214 Å². The van der Waals surface area contributed by atoms with Crippen LogP contribution in [0.1, 0.15) is 45.6 Å². The summed E-state index contributed by atoms with van der Waals surface area (Å²) >= 11 is 0. The molecule has 9 N–H and O–H groups in total. The maximum absolute atomic E-state index is 13.1. The number of aliphatic hydroxyl groups is 1. The second kappa shape index (κ2) is 14.8. The predicted octanol–water partition coefficient (Wildman–Crippen LogP) is -0.907. The average molecular weight is 525 g/mol. The summed E-state index contributed by atoms with van der Waals surface area (Å²) in [5, 5.41) is 44.6. The van der Waals surface area contributed by atoms with Gasteiger partial charge >= 0.3 is 11.9 Å². The van der Waals surface area contributed by atoms with E-state index in [0.717, 1.165) is 0 Å². The summed E-state index contributed by atoms with van der Waals surface area (Å²) in [6, 6.07) is 0.360. The van der Waals surface area contributed by atoms with Gasteiger partial charge in [0.25, 0.3) is 0 Å². The number of phenolic OH excluding ortho intramolecular Hbond substituents is 1. The number of aromatic hydroxyl groups is 1. The van der Waals surface area contributed by atoms with Crippen LogP contribution in [0, 0.1) is 5.92 Å². The van der Waals surface area contributed by atoms with Crippen LogP contribution in [0.5, 0.6) is 5.75 Å². The Hall–Kier alpha value is -3.71. The number of nitrogens with one attached hydrogen (secondary N) is 3. The third-order valence-corrected chi connectivity index (χ3v) is 5.40. The average Bonchev–Trinajstić information content (AvgIpc) is 2.79. The third kappa shape index (κ3) is 11.3. The number of carboxylic acid groups (broad SMARTS) is 2. The molecule has 3 amide bonds. The molecule has 0 fully saturated rings. The molecule has 206 valence electrons. The van der Waals surface area contributed by atoms with Gasteiger partial charge in [0.05, 0.1) is 12.1 Å². The van der Waals surface area contributed by atoms with Gasteiger partial charge in [-0.15, -0.1) is 0 Å². The Balaban J connectivity index is 3.18. The van der Waals surface area contributed by atoms with Crippen molar-refractivity contribution in [2.75, 3.05) is 0 Å². The number of amides is 3. The van der Waals surface area contributed by atoms with Crippen molar-refractivity contribution in [1.29, 1.82) is 0 Å². The fraction of sp³-hybridized carbons (Fsp3) is 0.542. The van der Waals surface area contributed by atoms with E-state index in [1.54, 1.807) is 0 Å². The number of carboxylic acids is 2. The number of hydrogen-bond donors (Lipinski definition) is 8. The zero-order valence-electron chi connectivity index (χ0n) is 21.0. The highest BCUT2D eigenvalue weighted by Gasteiger charge is 2.32. The highest BCUT2D eigenvalue weighted by atomic mass is 16.4. The SMILES string of the molecule is CC(C)CC(N)C(=O)NC(CCC(=O)O)C(=O)NC(Cc1ccc(O)cc1)C(=O)NC(C(=O)O)C(C)O. The predicted molar refractivity (Wildman–Crippen MR) is 131 cm³/mol. The second-order valence-electron chi connectivity index (χ2n) is 9.23. The van der Waals surface area contributed by atoms with E-state index in [-0.39, 0.29) is 24.5 Å². The Kier molecular flexibility index (Phi) is 12.5. The second-order valence-corrected chi connectivity index (χ2v) is 9.23. The standard InChI is InChI=1S/C24H36N4O9/c1-12(2)10-16(25)21(33)26-17(8-9-19(31)32)22(34)27-18(11-14-4-6-15(30)7-5-14)23(35)28-20(13(3)29)24(36)37/h4-7,12-13,16-18,20,29-30H,8-11,25H2,1-3H3,(H,26,33)(H,27,34)(H,28,35)(H,31,32)(H,36,37). The third-order valence-electron chi connectivity index (χ3n) is 5.40. The summed E-state index contributed by atoms with van der Waals surface area (Å²) in [5.41, 5.74) is 6.37. The van der Waals surface area contributed by atoms with Crippen LogP contribution in [0.15, 0.2) is 24.3 Å². The summed E-state index contributed by atoms with van der Waals surface area (Å²) in [6.45, 7) is 4.88. The van der Waals surface area contributed by atoms with Gasteiger partial charge in [0.1, 0.15) is 17.8 Å². The fourth-order valence-electron chi connectivity index (χ4n) is 3.42. The maximum atomic E-state index is 13.1. The van der Waals surface area contributed by atoms with Gasteiger partial charge in [0, 0.05) is 12.8 Å². The van der Waals surface area contributed by atoms with Crippen molar-refractivity contribution < 1.29 is 44.4 Å². The van der Waals surface area contributed by atoms with Gasteiger partial charge in [-0.25, -0.2) is 4.79 Å². The number of benzene rings is 1. The molecule has 0 heterocycles. The van der Waals surface area contributed by atoms with Crippen molar-refractivity contribution in [2.45, 2.75) is 76.7 Å². The van der Waals surface area contributed by atoms with Crippen molar-refractivity contribution in [1.82, 2.24) is 16.0 Å². The molecule has 0 radical (unpaired) electrons. The van der Waals surface area contributed by atoms with Crippen LogP contribution >= 0.6 is 0 Å². The van der Waals surface area contributed by atoms with Gasteiger partial charge in [0.15, 0.2) is 6.04 Å². The van der Waals surface area contributed by atoms with Crippen LogP contribution in [0.4, 0.5) is 0 Å². The minimum Gasteiger partial charge on any atom is -0.508 e. The number of nitrogens with two attached hydrogens (primary N) is 1. The minimum atomic E-state index is -1.66. The Morgan fingerprint density at radius 2 is 1.41 bits per heavy atom. The van der Waals surface area contributed by atoms with Crippen molar-refractivity contribution in [3.8, 4) is 5.75 Å². The number of hydrogen-bond acceptors (Lipinski definition) is 8. The minimum absolute atomic E-state index is 0.0389. The molecule has 37 heavy (non-hydrogen) atoms. The molecule has 0 aliphatic heterocycles. The van der Waals surface area contributed by atoms with E-state index in [1.807, 2.05) is 13.8 Å². The number of phenols is 1. The van der Waals surface area contributed by atoms with Crippen LogP contribution in [-0.2, 0) is 30.4 Å². The lowest BCUT2D eigenvalue weighted by molar-refractivity contribution is -0.145. The lowest BCUT2D eigenvalue weighted by atomic mass is 10.0. The molecule has 0 aliphatic carbocycles. The first kappa shape index (κ1) is 31.3. The topological polar surface area (TPSA) is 228 Å². The maximum Gasteiger partial charge on any atom is 0.328 e. The van der Waals surface area contributed by atoms with Crippen LogP contribution in [0.2, 0.25) is 0 Å². The molecule has 5 unspecified atom stereocenters. The van der Waals surface area contributed by atoms with Crippen molar-refractivity contribution in [2.24, 2.45) is 11.7 Å². The zero-order valence-corrected chi connectivity index (χ0v) is 21.0. The molecule has 1 rings (SSSR count). The lowest BCUT2D eigenvalue weighted by Crippen LogP contribution is -2.58. The van der Waals surface area contributed by atoms with Crippen molar-refractivity contribution in [3.63, 3.8) is 0 Å². The quantitative estimate of drug-likeness (QED) is 0.141. The van der Waals surface area contributed by atoms with Gasteiger partial charge in [-0.1, -0.05) is 26.0 Å². The van der Waals surface area contributed by atoms with Crippen LogP contribution < -0.4 is 21.7 Å². The highest BCUT2D eigenvalue weighted by Crippen LogP contribution is 2.12. The van der Waals surface area contributed by atoms with Gasteiger partial charge in [-0.3, -0.25) is 19.2 Å². The van der Waals surface area contributed by atoms with E-state index < -0.39 is 66.4 Å². The molecular weight excluding hydrogens is 488 g/mol. The Bertz CT molecular complexity index is 950. The van der Waals surface area contributed by atoms with Crippen LogP contribution in [0.25, 0.3) is 0 Å². The summed E-state index contributed by atoms with van der Waals surface area (Å²) in [6.07, 6.45) is -2.02. The van der Waals surface area contributed by atoms with E-state index in [2.05, 4.69) is 16.0 Å². The molecule has 0 aliphatic rings. The van der Waals surface area contributed by atoms with Gasteiger partial charge < -0.3 is 42.1 Å². The highest BCUT2D eigenvalue weighted by molar-refractivity contribution is 5.94. The fourth-order valence-corrected chi connectivity index (χ4v) is 3.42. The largest absolute Gasteiger partial charge is 0.508 e. The van der Waals surface area contributed by atoms with Gasteiger partial charge in [0.2, 0.25) is 17.7 Å². The van der Waals surface area contributed by atoms with Crippen LogP contribution in [-0.4, -0.2) is 80.4 Å². The van der Waals surface area contributed by atoms with E-state index in [4.69, 9.17) is 10.8 Å². The molecule has 0 spiro atoms. The number of carbonyl (C=O) groups excluding carboxylic acids is 3. The Morgan fingerprint density at radius 3 is 1.89 bits per heavy atom. The van der Waals surface area contributed by atoms with Crippen molar-refractivity contribution in [3.05, 3.63) is 29.8 Å². The number of aliphatic carboxylic acids is 2. The Morgan fingerprint density at radius 1 is 0.865 bits per heavy atom. The van der Waals surface area contributed by atoms with Crippen LogP contribution in [0.3, 0.4) is 0 Å². The molecule has 13 heteroatoms. The van der Waals surface area contributed by atoms with Crippen molar-refractivity contribution >= 4 is 29.7 Å². The number of carbonyl (C=O) groups is 5. The van der Waals surface area contributed by atoms with Gasteiger partial charge in [-0.05, 0) is 43.4 Å². The molecule has 0 saturated heterocycles. The number of aliphatic hydroxyl groups excluding tert-OH is 1. The van der Waals surface area contributed by atoms with E-state index in [9.17, 15) is 39.3 Å². The van der Waals surface area contributed by atoms with E-state index in [1.165, 1.54) is 31.2 Å². The smallest absolute Gasteiger partial charge is 0.328 e. The monoisotopic (exact) mass is 524 g/mol. The summed E-state index contributed by atoms with van der Waals surface area (Å²) in [5.74, 6) is -5.14. The molecule has 0 aromatic heterocycles. The van der Waals surface area contributed by atoms with Gasteiger partial charge in [-0.2, -0.15) is 0 Å². The van der Waals surface area contributed by atoms with E-state index in [0.29, 0.717) is 12.0 Å². The summed E-state index contributed by atoms with van der Waals surface area (Å²) < 4.78 is 0. The molecular formula is C24H36N4O9.